The molecule has 0 saturated heterocycles. The molecule has 3 N–H and O–H groups in total. The molecule has 0 spiro atoms. The quantitative estimate of drug-likeness (QED) is 0.710. The van der Waals surface area contributed by atoms with E-state index in [9.17, 15) is 9.59 Å². The molecule has 0 bridgehead atoms. The summed E-state index contributed by atoms with van der Waals surface area (Å²) in [4.78, 5) is 26.0. The summed E-state index contributed by atoms with van der Waals surface area (Å²) in [5, 5.41) is 2.85. The van der Waals surface area contributed by atoms with Gasteiger partial charge in [0.2, 0.25) is 5.88 Å². The van der Waals surface area contributed by atoms with Crippen LogP contribution in [0.5, 0.6) is 5.75 Å². The van der Waals surface area contributed by atoms with E-state index in [2.05, 4.69) is 5.32 Å². The molecule has 156 valence electrons. The second-order valence-electron chi connectivity index (χ2n) is 6.60. The normalized spacial score (nSPS) is 16.0. The number of benzene rings is 2. The van der Waals surface area contributed by atoms with Crippen LogP contribution in [0, 0.1) is 0 Å². The zero-order valence-corrected chi connectivity index (χ0v) is 17.1. The summed E-state index contributed by atoms with van der Waals surface area (Å²) in [6.07, 6.45) is 0. The molecule has 0 aromatic heterocycles. The van der Waals surface area contributed by atoms with Gasteiger partial charge in [-0.05, 0) is 43.7 Å². The van der Waals surface area contributed by atoms with Gasteiger partial charge in [-0.25, -0.2) is 4.79 Å². The van der Waals surface area contributed by atoms with Gasteiger partial charge in [-0.1, -0.05) is 30.3 Å². The molecular formula is C23H24N2O5. The first kappa shape index (κ1) is 21.0. The van der Waals surface area contributed by atoms with Gasteiger partial charge < -0.3 is 25.3 Å². The average Bonchev–Trinajstić information content (AvgIpc) is 2.74. The highest BCUT2D eigenvalue weighted by Gasteiger charge is 2.39. The number of esters is 1. The number of nitrogens with two attached hydrogens (primary N) is 1. The Labute approximate surface area is 175 Å². The lowest BCUT2D eigenvalue weighted by molar-refractivity contribution is -0.139. The third kappa shape index (κ3) is 4.30. The summed E-state index contributed by atoms with van der Waals surface area (Å²) in [5.74, 6) is -0.899. The van der Waals surface area contributed by atoms with Crippen LogP contribution >= 0.6 is 0 Å². The molecule has 1 atom stereocenters. The number of hydrogen-bond acceptors (Lipinski definition) is 6. The molecule has 1 amide bonds. The van der Waals surface area contributed by atoms with Gasteiger partial charge in [0.1, 0.15) is 17.1 Å². The van der Waals surface area contributed by atoms with Gasteiger partial charge in [0, 0.05) is 5.69 Å². The molecule has 7 nitrogen and oxygen atoms in total. The van der Waals surface area contributed by atoms with Crippen molar-refractivity contribution in [3.8, 4) is 5.75 Å². The van der Waals surface area contributed by atoms with Crippen molar-refractivity contribution in [1.29, 1.82) is 0 Å². The number of carbonyl (C=O) groups excluding carboxylic acids is 2. The number of carbonyl (C=O) groups is 2. The number of methoxy groups -OCH3 is 1. The summed E-state index contributed by atoms with van der Waals surface area (Å²) >= 11 is 0. The molecule has 3 rings (SSSR count). The van der Waals surface area contributed by atoms with Crippen molar-refractivity contribution in [3.05, 3.63) is 82.9 Å². The molecule has 1 aliphatic heterocycles. The maximum atomic E-state index is 13.2. The van der Waals surface area contributed by atoms with E-state index in [0.717, 1.165) is 0 Å². The summed E-state index contributed by atoms with van der Waals surface area (Å²) in [6.45, 7) is 3.51. The van der Waals surface area contributed by atoms with E-state index < -0.39 is 17.8 Å². The largest absolute Gasteiger partial charge is 0.497 e. The van der Waals surface area contributed by atoms with Gasteiger partial charge in [0.15, 0.2) is 0 Å². The number of ether oxygens (including phenoxy) is 3. The van der Waals surface area contributed by atoms with Gasteiger partial charge in [0.25, 0.3) is 5.91 Å². The number of para-hydroxylation sites is 1. The zero-order chi connectivity index (χ0) is 21.7. The molecule has 30 heavy (non-hydrogen) atoms. The minimum Gasteiger partial charge on any atom is -0.497 e. The van der Waals surface area contributed by atoms with Gasteiger partial charge in [-0.3, -0.25) is 4.79 Å². The van der Waals surface area contributed by atoms with Crippen molar-refractivity contribution in [2.75, 3.05) is 19.0 Å². The molecule has 1 aliphatic rings. The lowest BCUT2D eigenvalue weighted by Gasteiger charge is -2.29. The Balaban J connectivity index is 2.08. The molecule has 2 aromatic carbocycles. The Hall–Kier alpha value is -3.74. The lowest BCUT2D eigenvalue weighted by atomic mass is 9.82. The van der Waals surface area contributed by atoms with Crippen LogP contribution in [-0.4, -0.2) is 25.6 Å². The first-order valence-electron chi connectivity index (χ1n) is 9.52. The maximum absolute atomic E-state index is 13.2. The maximum Gasteiger partial charge on any atom is 0.340 e. The van der Waals surface area contributed by atoms with E-state index in [0.29, 0.717) is 22.8 Å². The number of hydrogen-bond donors (Lipinski definition) is 2. The summed E-state index contributed by atoms with van der Waals surface area (Å²) in [5.41, 5.74) is 7.74. The number of allylic oxidation sites excluding steroid dienone is 1. The van der Waals surface area contributed by atoms with Gasteiger partial charge in [-0.15, -0.1) is 0 Å². The average molecular weight is 408 g/mol. The predicted octanol–water partition coefficient (Wildman–Crippen LogP) is 3.46. The van der Waals surface area contributed by atoms with Crippen LogP contribution in [0.4, 0.5) is 5.69 Å². The second-order valence-corrected chi connectivity index (χ2v) is 6.60. The highest BCUT2D eigenvalue weighted by atomic mass is 16.5. The van der Waals surface area contributed by atoms with E-state index in [1.807, 2.05) is 18.2 Å². The molecule has 7 heteroatoms. The summed E-state index contributed by atoms with van der Waals surface area (Å²) < 4.78 is 16.0. The number of nitrogens with one attached hydrogen (secondary N) is 1. The van der Waals surface area contributed by atoms with E-state index in [-0.39, 0.29) is 23.6 Å². The highest BCUT2D eigenvalue weighted by molar-refractivity contribution is 6.08. The standard InChI is InChI=1S/C23H24N2O5/c1-4-29-23(27)20-19(15-10-12-17(28-3)13-11-15)18(14(2)30-21(20)24)22(26)25-16-8-6-5-7-9-16/h5-13,19H,4,24H2,1-3H3,(H,25,26)/t19-/m1/s1. The Morgan fingerprint density at radius 1 is 1.07 bits per heavy atom. The van der Waals surface area contributed by atoms with Crippen LogP contribution in [0.15, 0.2) is 77.4 Å². The van der Waals surface area contributed by atoms with E-state index in [1.165, 1.54) is 0 Å². The Morgan fingerprint density at radius 2 is 1.73 bits per heavy atom. The van der Waals surface area contributed by atoms with Crippen molar-refractivity contribution >= 4 is 17.6 Å². The number of rotatable bonds is 6. The topological polar surface area (TPSA) is 99.9 Å². The van der Waals surface area contributed by atoms with Gasteiger partial charge in [-0.2, -0.15) is 0 Å². The van der Waals surface area contributed by atoms with Crippen LogP contribution in [0.25, 0.3) is 0 Å². The Morgan fingerprint density at radius 3 is 2.33 bits per heavy atom. The third-order valence-corrected chi connectivity index (χ3v) is 4.71. The molecule has 0 radical (unpaired) electrons. The molecule has 0 saturated carbocycles. The first-order valence-corrected chi connectivity index (χ1v) is 9.52. The molecule has 1 heterocycles. The minimum absolute atomic E-state index is 0.0805. The molecule has 0 fully saturated rings. The van der Waals surface area contributed by atoms with Crippen LogP contribution in [0.3, 0.4) is 0 Å². The smallest absolute Gasteiger partial charge is 0.340 e. The monoisotopic (exact) mass is 408 g/mol. The molecule has 0 unspecified atom stereocenters. The van der Waals surface area contributed by atoms with Crippen molar-refractivity contribution in [1.82, 2.24) is 0 Å². The first-order chi connectivity index (χ1) is 14.5. The van der Waals surface area contributed by atoms with Crippen molar-refractivity contribution in [2.45, 2.75) is 19.8 Å². The predicted molar refractivity (Wildman–Crippen MR) is 112 cm³/mol. The Kier molecular flexibility index (Phi) is 6.41. The minimum atomic E-state index is -0.757. The summed E-state index contributed by atoms with van der Waals surface area (Å²) in [7, 11) is 1.56. The second kappa shape index (κ2) is 9.17. The number of amides is 1. The van der Waals surface area contributed by atoms with Crippen LogP contribution < -0.4 is 15.8 Å². The van der Waals surface area contributed by atoms with Gasteiger partial charge >= 0.3 is 5.97 Å². The highest BCUT2D eigenvalue weighted by Crippen LogP contribution is 2.40. The zero-order valence-electron chi connectivity index (χ0n) is 17.1. The fourth-order valence-corrected chi connectivity index (χ4v) is 3.33. The van der Waals surface area contributed by atoms with E-state index in [1.54, 1.807) is 57.4 Å². The SMILES string of the molecule is CCOC(=O)C1=C(N)OC(C)=C(C(=O)Nc2ccccc2)[C@H]1c1ccc(OC)cc1. The molecule has 0 aliphatic carbocycles. The van der Waals surface area contributed by atoms with E-state index in [4.69, 9.17) is 19.9 Å². The fraction of sp³-hybridized carbons (Fsp3) is 0.217. The number of anilines is 1. The lowest BCUT2D eigenvalue weighted by Crippen LogP contribution is -2.31. The van der Waals surface area contributed by atoms with Crippen molar-refractivity contribution < 1.29 is 23.8 Å². The molecular weight excluding hydrogens is 384 g/mol. The van der Waals surface area contributed by atoms with Gasteiger partial charge in [0.05, 0.1) is 25.2 Å². The third-order valence-electron chi connectivity index (χ3n) is 4.71. The fourth-order valence-electron chi connectivity index (χ4n) is 3.33. The van der Waals surface area contributed by atoms with Crippen LogP contribution in [0.2, 0.25) is 0 Å². The van der Waals surface area contributed by atoms with Crippen LogP contribution in [-0.2, 0) is 19.1 Å². The van der Waals surface area contributed by atoms with Crippen LogP contribution in [0.1, 0.15) is 25.3 Å². The molecule has 2 aromatic rings. The summed E-state index contributed by atoms with van der Waals surface area (Å²) in [6, 6.07) is 16.1. The van der Waals surface area contributed by atoms with Crippen molar-refractivity contribution in [3.63, 3.8) is 0 Å². The Bertz CT molecular complexity index is 994. The van der Waals surface area contributed by atoms with E-state index >= 15 is 0 Å². The van der Waals surface area contributed by atoms with Crippen molar-refractivity contribution in [2.24, 2.45) is 5.73 Å².